The van der Waals surface area contributed by atoms with Gasteiger partial charge in [-0.2, -0.15) is 0 Å². The van der Waals surface area contributed by atoms with Crippen molar-refractivity contribution in [3.8, 4) is 0 Å². The Morgan fingerprint density at radius 2 is 1.80 bits per heavy atom. The van der Waals surface area contributed by atoms with Gasteiger partial charge in [-0.1, -0.05) is 6.92 Å². The minimum absolute atomic E-state index is 0. The minimum atomic E-state index is -1.34. The number of hydrogen-bond donors (Lipinski definition) is 3. The smallest absolute Gasteiger partial charge is 0.326 e. The van der Waals surface area contributed by atoms with Crippen LogP contribution in [0.4, 0.5) is 0 Å². The molecule has 82 valence electrons. The zero-order valence-corrected chi connectivity index (χ0v) is 11.5. The summed E-state index contributed by atoms with van der Waals surface area (Å²) in [5.41, 5.74) is 0. The summed E-state index contributed by atoms with van der Waals surface area (Å²) in [5.74, 6) is -3.03. The molecule has 0 aliphatic carbocycles. The van der Waals surface area contributed by atoms with Crippen molar-refractivity contribution in [2.24, 2.45) is 0 Å². The van der Waals surface area contributed by atoms with Crippen LogP contribution in [-0.4, -0.2) is 34.1 Å². The Kier molecular flexibility index (Phi) is 9.16. The third kappa shape index (κ3) is 8.06. The Labute approximate surface area is 99.8 Å². The molecule has 1 atom stereocenters. The molecule has 0 aromatic carbocycles. The third-order valence-electron chi connectivity index (χ3n) is 1.49. The van der Waals surface area contributed by atoms with Crippen LogP contribution in [0, 0.1) is 0 Å². The third-order valence-corrected chi connectivity index (χ3v) is 1.49. The summed E-state index contributed by atoms with van der Waals surface area (Å²) in [5, 5.41) is 19.1. The molecule has 1 unspecified atom stereocenters. The zero-order valence-electron chi connectivity index (χ0n) is 8.52. The van der Waals surface area contributed by atoms with Crippen LogP contribution in [0.3, 0.4) is 0 Å². The molecule has 3 N–H and O–H groups in total. The number of carbonyl (C=O) groups is 3. The molecule has 0 radical (unpaired) electrons. The van der Waals surface area contributed by atoms with E-state index in [0.29, 0.717) is 6.42 Å². The molecule has 0 heterocycles. The van der Waals surface area contributed by atoms with Gasteiger partial charge in [0.2, 0.25) is 5.91 Å². The monoisotopic (exact) mass is 267 g/mol. The molecular weight excluding hydrogens is 255 g/mol. The average molecular weight is 269 g/mol. The van der Waals surface area contributed by atoms with Gasteiger partial charge in [0.05, 0.1) is 6.42 Å². The molecule has 0 saturated carbocycles. The van der Waals surface area contributed by atoms with Gasteiger partial charge in [0.25, 0.3) is 0 Å². The molecule has 0 aliphatic rings. The van der Waals surface area contributed by atoms with Gasteiger partial charge in [0, 0.05) is 25.9 Å². The predicted octanol–water partition coefficient (Wildman–Crippen LogP) is -0.172. The van der Waals surface area contributed by atoms with E-state index in [1.54, 1.807) is 6.92 Å². The van der Waals surface area contributed by atoms with Crippen molar-refractivity contribution in [3.63, 3.8) is 0 Å². The van der Waals surface area contributed by atoms with E-state index in [4.69, 9.17) is 10.2 Å². The number of nitrogens with one attached hydrogen (secondary N) is 1. The van der Waals surface area contributed by atoms with Gasteiger partial charge in [-0.05, 0) is 6.42 Å². The van der Waals surface area contributed by atoms with Crippen LogP contribution in [0.15, 0.2) is 0 Å². The Morgan fingerprint density at radius 3 is 2.13 bits per heavy atom. The summed E-state index contributed by atoms with van der Waals surface area (Å²) < 4.78 is 0. The van der Waals surface area contributed by atoms with E-state index in [2.05, 4.69) is 5.32 Å². The van der Waals surface area contributed by atoms with Crippen molar-refractivity contribution >= 4 is 17.8 Å². The van der Waals surface area contributed by atoms with E-state index >= 15 is 0 Å². The first kappa shape index (κ1) is 16.5. The SMILES string of the molecule is CCCC(=O)NC(CC(=O)O)C(=O)O.[Zn]. The van der Waals surface area contributed by atoms with Crippen molar-refractivity contribution in [3.05, 3.63) is 0 Å². The number of amides is 1. The molecule has 0 rings (SSSR count). The van der Waals surface area contributed by atoms with Crippen LogP contribution in [0.2, 0.25) is 0 Å². The minimum Gasteiger partial charge on any atom is -0.481 e. The number of carboxylic acids is 2. The van der Waals surface area contributed by atoms with Gasteiger partial charge in [0.15, 0.2) is 0 Å². The Hall–Kier alpha value is -0.967. The van der Waals surface area contributed by atoms with Crippen LogP contribution in [0.5, 0.6) is 0 Å². The summed E-state index contributed by atoms with van der Waals surface area (Å²) in [4.78, 5) is 31.7. The summed E-state index contributed by atoms with van der Waals surface area (Å²) in [6, 6.07) is -1.34. The maximum Gasteiger partial charge on any atom is 0.326 e. The summed E-state index contributed by atoms with van der Waals surface area (Å²) in [6.45, 7) is 1.77. The number of carboxylic acid groups (broad SMARTS) is 2. The van der Waals surface area contributed by atoms with E-state index in [0.717, 1.165) is 0 Å². The molecule has 0 aliphatic heterocycles. The zero-order chi connectivity index (χ0) is 11.1. The van der Waals surface area contributed by atoms with E-state index in [9.17, 15) is 14.4 Å². The quantitative estimate of drug-likeness (QED) is 0.580. The average Bonchev–Trinajstić information content (AvgIpc) is 2.02. The van der Waals surface area contributed by atoms with Gasteiger partial charge < -0.3 is 15.5 Å². The topological polar surface area (TPSA) is 104 Å². The van der Waals surface area contributed by atoms with Crippen molar-refractivity contribution < 1.29 is 44.1 Å². The van der Waals surface area contributed by atoms with E-state index in [1.165, 1.54) is 0 Å². The fourth-order valence-electron chi connectivity index (χ4n) is 0.868. The second-order valence-corrected chi connectivity index (χ2v) is 2.81. The maximum absolute atomic E-state index is 11.0. The second-order valence-electron chi connectivity index (χ2n) is 2.81. The van der Waals surface area contributed by atoms with Crippen LogP contribution in [-0.2, 0) is 33.9 Å². The normalized spacial score (nSPS) is 11.0. The first-order valence-electron chi connectivity index (χ1n) is 4.21. The van der Waals surface area contributed by atoms with Crippen molar-refractivity contribution in [2.45, 2.75) is 32.2 Å². The van der Waals surface area contributed by atoms with Crippen molar-refractivity contribution in [2.75, 3.05) is 0 Å². The number of hydrogen-bond acceptors (Lipinski definition) is 3. The summed E-state index contributed by atoms with van der Waals surface area (Å²) >= 11 is 0. The maximum atomic E-state index is 11.0. The molecule has 6 nitrogen and oxygen atoms in total. The first-order chi connectivity index (χ1) is 6.47. The van der Waals surface area contributed by atoms with Gasteiger partial charge >= 0.3 is 11.9 Å². The van der Waals surface area contributed by atoms with Gasteiger partial charge in [-0.15, -0.1) is 0 Å². The molecular formula is C8H13NO5Zn. The van der Waals surface area contributed by atoms with Crippen molar-refractivity contribution in [1.82, 2.24) is 5.32 Å². The molecule has 0 bridgehead atoms. The standard InChI is InChI=1S/C8H13NO5.Zn/c1-2-3-6(10)9-5(8(13)14)4-7(11)12;/h5H,2-4H2,1H3,(H,9,10)(H,11,12)(H,13,14);. The summed E-state index contributed by atoms with van der Waals surface area (Å²) in [6.07, 6.45) is 0.180. The van der Waals surface area contributed by atoms with E-state index in [-0.39, 0.29) is 25.9 Å². The van der Waals surface area contributed by atoms with Crippen LogP contribution >= 0.6 is 0 Å². The number of rotatable bonds is 6. The van der Waals surface area contributed by atoms with Crippen LogP contribution < -0.4 is 5.32 Å². The second kappa shape index (κ2) is 8.35. The molecule has 0 spiro atoms. The molecule has 0 saturated heterocycles. The van der Waals surface area contributed by atoms with Gasteiger partial charge in [-0.3, -0.25) is 9.59 Å². The fourth-order valence-corrected chi connectivity index (χ4v) is 0.868. The summed E-state index contributed by atoms with van der Waals surface area (Å²) in [7, 11) is 0. The Bertz CT molecular complexity index is 243. The molecule has 7 heteroatoms. The van der Waals surface area contributed by atoms with E-state index < -0.39 is 30.3 Å². The molecule has 1 amide bonds. The van der Waals surface area contributed by atoms with Gasteiger partial charge in [0.1, 0.15) is 6.04 Å². The van der Waals surface area contributed by atoms with Crippen molar-refractivity contribution in [1.29, 1.82) is 0 Å². The van der Waals surface area contributed by atoms with Crippen LogP contribution in [0.1, 0.15) is 26.2 Å². The Morgan fingerprint density at radius 1 is 1.27 bits per heavy atom. The number of aliphatic carboxylic acids is 2. The van der Waals surface area contributed by atoms with Gasteiger partial charge in [-0.25, -0.2) is 4.79 Å². The Balaban J connectivity index is 0. The molecule has 0 aromatic rings. The van der Waals surface area contributed by atoms with Crippen LogP contribution in [0.25, 0.3) is 0 Å². The fraction of sp³-hybridized carbons (Fsp3) is 0.625. The van der Waals surface area contributed by atoms with E-state index in [1.807, 2.05) is 0 Å². The molecule has 0 fully saturated rings. The first-order valence-corrected chi connectivity index (χ1v) is 4.21. The molecule has 0 aromatic heterocycles. The molecule has 15 heavy (non-hydrogen) atoms. The number of carbonyl (C=O) groups excluding carboxylic acids is 1. The largest absolute Gasteiger partial charge is 0.481 e. The predicted molar refractivity (Wildman–Crippen MR) is 46.7 cm³/mol.